The molecule has 0 bridgehead atoms. The zero-order chi connectivity index (χ0) is 12.8. The molecule has 1 aromatic rings. The molecular formula is C13H20N2O2. The highest BCUT2D eigenvalue weighted by Gasteiger charge is 2.12. The Hall–Kier alpha value is -1.42. The molecular weight excluding hydrogens is 216 g/mol. The summed E-state index contributed by atoms with van der Waals surface area (Å²) < 4.78 is 0. The summed E-state index contributed by atoms with van der Waals surface area (Å²) >= 11 is 0. The lowest BCUT2D eigenvalue weighted by Crippen LogP contribution is -2.32. The summed E-state index contributed by atoms with van der Waals surface area (Å²) in [7, 11) is 0. The summed E-state index contributed by atoms with van der Waals surface area (Å²) in [6, 6.07) is 6.23. The summed E-state index contributed by atoms with van der Waals surface area (Å²) in [5, 5.41) is 8.71. The van der Waals surface area contributed by atoms with Crippen LogP contribution in [0.5, 0.6) is 0 Å². The van der Waals surface area contributed by atoms with Crippen molar-refractivity contribution < 1.29 is 9.90 Å². The number of carbonyl (C=O) groups is 1. The Balaban J connectivity index is 2.63. The number of hydrogen-bond donors (Lipinski definition) is 1. The normalized spacial score (nSPS) is 11.1. The molecule has 0 atom stereocenters. The second kappa shape index (κ2) is 6.35. The van der Waals surface area contributed by atoms with Crippen LogP contribution in [0.1, 0.15) is 31.7 Å². The van der Waals surface area contributed by atoms with E-state index in [1.807, 2.05) is 25.1 Å². The van der Waals surface area contributed by atoms with E-state index in [-0.39, 0.29) is 6.42 Å². The molecule has 0 saturated carbocycles. The molecule has 17 heavy (non-hydrogen) atoms. The number of pyridine rings is 1. The van der Waals surface area contributed by atoms with Crippen molar-refractivity contribution in [2.24, 2.45) is 0 Å². The topological polar surface area (TPSA) is 53.4 Å². The molecule has 0 fully saturated rings. The maximum atomic E-state index is 10.6. The molecule has 94 valence electrons. The molecule has 0 amide bonds. The van der Waals surface area contributed by atoms with Gasteiger partial charge in [-0.1, -0.05) is 6.07 Å². The summed E-state index contributed by atoms with van der Waals surface area (Å²) in [4.78, 5) is 17.1. The van der Waals surface area contributed by atoms with Crippen molar-refractivity contribution in [1.82, 2.24) is 9.88 Å². The molecule has 0 spiro atoms. The van der Waals surface area contributed by atoms with Gasteiger partial charge in [0.1, 0.15) is 0 Å². The van der Waals surface area contributed by atoms with Crippen LogP contribution in [0.4, 0.5) is 0 Å². The maximum Gasteiger partial charge on any atom is 0.304 e. The number of carboxylic acids is 1. The fourth-order valence-electron chi connectivity index (χ4n) is 1.65. The highest BCUT2D eigenvalue weighted by Crippen LogP contribution is 2.07. The number of aliphatic carboxylic acids is 1. The predicted octanol–water partition coefficient (Wildman–Crippen LogP) is 2.08. The van der Waals surface area contributed by atoms with E-state index >= 15 is 0 Å². The van der Waals surface area contributed by atoms with E-state index < -0.39 is 5.97 Å². The Kier molecular flexibility index (Phi) is 5.10. The van der Waals surface area contributed by atoms with Crippen molar-refractivity contribution in [3.05, 3.63) is 29.6 Å². The first-order valence-corrected chi connectivity index (χ1v) is 5.87. The molecule has 4 nitrogen and oxygen atoms in total. The fraction of sp³-hybridized carbons (Fsp3) is 0.538. The largest absolute Gasteiger partial charge is 0.481 e. The summed E-state index contributed by atoms with van der Waals surface area (Å²) in [6.07, 6.45) is 0.171. The highest BCUT2D eigenvalue weighted by molar-refractivity contribution is 5.66. The lowest BCUT2D eigenvalue weighted by atomic mass is 10.2. The minimum Gasteiger partial charge on any atom is -0.481 e. The third-order valence-electron chi connectivity index (χ3n) is 2.65. The van der Waals surface area contributed by atoms with Crippen LogP contribution < -0.4 is 0 Å². The van der Waals surface area contributed by atoms with Crippen molar-refractivity contribution in [1.29, 1.82) is 0 Å². The van der Waals surface area contributed by atoms with E-state index in [2.05, 4.69) is 23.7 Å². The molecule has 0 aliphatic heterocycles. The number of aromatic nitrogens is 1. The SMILES string of the molecule is Cc1cccc(CN(CCC(=O)O)C(C)C)n1. The van der Waals surface area contributed by atoms with Gasteiger partial charge >= 0.3 is 5.97 Å². The van der Waals surface area contributed by atoms with Gasteiger partial charge in [-0.2, -0.15) is 0 Å². The number of hydrogen-bond acceptors (Lipinski definition) is 3. The van der Waals surface area contributed by atoms with Crippen LogP contribution in [-0.2, 0) is 11.3 Å². The number of nitrogens with zero attached hydrogens (tertiary/aromatic N) is 2. The van der Waals surface area contributed by atoms with Gasteiger partial charge in [0.15, 0.2) is 0 Å². The minimum absolute atomic E-state index is 0.171. The molecule has 0 aliphatic rings. The third-order valence-corrected chi connectivity index (χ3v) is 2.65. The summed E-state index contributed by atoms with van der Waals surface area (Å²) in [5.41, 5.74) is 1.98. The van der Waals surface area contributed by atoms with Gasteiger partial charge in [-0.05, 0) is 32.9 Å². The molecule has 0 unspecified atom stereocenters. The minimum atomic E-state index is -0.757. The summed E-state index contributed by atoms with van der Waals surface area (Å²) in [6.45, 7) is 7.35. The van der Waals surface area contributed by atoms with Crippen molar-refractivity contribution >= 4 is 5.97 Å². The number of carboxylic acid groups (broad SMARTS) is 1. The van der Waals surface area contributed by atoms with Crippen LogP contribution in [0, 0.1) is 6.92 Å². The Labute approximate surface area is 102 Å². The van der Waals surface area contributed by atoms with Crippen LogP contribution in [0.15, 0.2) is 18.2 Å². The average Bonchev–Trinajstić information content (AvgIpc) is 2.23. The average molecular weight is 236 g/mol. The van der Waals surface area contributed by atoms with E-state index in [1.165, 1.54) is 0 Å². The maximum absolute atomic E-state index is 10.6. The van der Waals surface area contributed by atoms with Crippen LogP contribution in [0.3, 0.4) is 0 Å². The molecule has 1 heterocycles. The lowest BCUT2D eigenvalue weighted by Gasteiger charge is -2.25. The second-order valence-electron chi connectivity index (χ2n) is 4.48. The zero-order valence-corrected chi connectivity index (χ0v) is 10.7. The zero-order valence-electron chi connectivity index (χ0n) is 10.7. The first-order valence-electron chi connectivity index (χ1n) is 5.87. The van der Waals surface area contributed by atoms with Crippen molar-refractivity contribution in [2.45, 2.75) is 39.8 Å². The van der Waals surface area contributed by atoms with Crippen LogP contribution in [0.2, 0.25) is 0 Å². The van der Waals surface area contributed by atoms with Gasteiger partial charge < -0.3 is 5.11 Å². The first-order chi connectivity index (χ1) is 7.99. The van der Waals surface area contributed by atoms with E-state index in [0.717, 1.165) is 11.4 Å². The molecule has 1 rings (SSSR count). The first kappa shape index (κ1) is 13.6. The van der Waals surface area contributed by atoms with Crippen LogP contribution in [0.25, 0.3) is 0 Å². The molecule has 0 aliphatic carbocycles. The van der Waals surface area contributed by atoms with Crippen molar-refractivity contribution in [3.8, 4) is 0 Å². The van der Waals surface area contributed by atoms with E-state index in [9.17, 15) is 4.79 Å². The Morgan fingerprint density at radius 1 is 1.47 bits per heavy atom. The van der Waals surface area contributed by atoms with Gasteiger partial charge in [0, 0.05) is 24.8 Å². The van der Waals surface area contributed by atoms with E-state index in [4.69, 9.17) is 5.11 Å². The standard InChI is InChI=1S/C13H20N2O2/c1-10(2)15(8-7-13(16)17)9-12-6-4-5-11(3)14-12/h4-6,10H,7-9H2,1-3H3,(H,16,17). The smallest absolute Gasteiger partial charge is 0.304 e. The Morgan fingerprint density at radius 2 is 2.18 bits per heavy atom. The van der Waals surface area contributed by atoms with Crippen LogP contribution >= 0.6 is 0 Å². The second-order valence-corrected chi connectivity index (χ2v) is 4.48. The molecule has 1 N–H and O–H groups in total. The van der Waals surface area contributed by atoms with Crippen molar-refractivity contribution in [2.75, 3.05) is 6.54 Å². The van der Waals surface area contributed by atoms with Gasteiger partial charge in [-0.25, -0.2) is 0 Å². The van der Waals surface area contributed by atoms with E-state index in [1.54, 1.807) is 0 Å². The van der Waals surface area contributed by atoms with Gasteiger partial charge in [0.25, 0.3) is 0 Å². The lowest BCUT2D eigenvalue weighted by molar-refractivity contribution is -0.137. The molecule has 0 radical (unpaired) electrons. The predicted molar refractivity (Wildman–Crippen MR) is 66.8 cm³/mol. The van der Waals surface area contributed by atoms with Gasteiger partial charge in [0.2, 0.25) is 0 Å². The number of rotatable bonds is 6. The van der Waals surface area contributed by atoms with Gasteiger partial charge in [-0.3, -0.25) is 14.7 Å². The van der Waals surface area contributed by atoms with Gasteiger partial charge in [-0.15, -0.1) is 0 Å². The highest BCUT2D eigenvalue weighted by atomic mass is 16.4. The monoisotopic (exact) mass is 236 g/mol. The molecule has 0 aromatic carbocycles. The number of aryl methyl sites for hydroxylation is 1. The third kappa shape index (κ3) is 4.95. The quantitative estimate of drug-likeness (QED) is 0.821. The van der Waals surface area contributed by atoms with Gasteiger partial charge in [0.05, 0.1) is 12.1 Å². The molecule has 1 aromatic heterocycles. The molecule has 4 heteroatoms. The molecule has 0 saturated heterocycles. The Morgan fingerprint density at radius 3 is 2.71 bits per heavy atom. The summed E-state index contributed by atoms with van der Waals surface area (Å²) in [5.74, 6) is -0.757. The Bertz CT molecular complexity index is 377. The fourth-order valence-corrected chi connectivity index (χ4v) is 1.65. The van der Waals surface area contributed by atoms with Crippen molar-refractivity contribution in [3.63, 3.8) is 0 Å². The van der Waals surface area contributed by atoms with E-state index in [0.29, 0.717) is 19.1 Å². The van der Waals surface area contributed by atoms with Crippen LogP contribution in [-0.4, -0.2) is 33.5 Å².